The zero-order chi connectivity index (χ0) is 63.0. The second-order valence-electron chi connectivity index (χ2n) is 22.7. The summed E-state index contributed by atoms with van der Waals surface area (Å²) in [5.41, 5.74) is 10.9. The topological polar surface area (TPSA) is 253 Å². The van der Waals surface area contributed by atoms with Crippen LogP contribution >= 0.6 is 46.4 Å². The fourth-order valence-electron chi connectivity index (χ4n) is 12.0. The molecule has 4 aliphatic carbocycles. The summed E-state index contributed by atoms with van der Waals surface area (Å²) in [5, 5.41) is 2.19. The van der Waals surface area contributed by atoms with Crippen LogP contribution in [0.15, 0.2) is 93.6 Å². The first-order chi connectivity index (χ1) is 42.5. The molecule has 480 valence electrons. The number of hydroxylamine groups is 4. The first-order valence-electron chi connectivity index (χ1n) is 30.2. The monoisotopic (exact) mass is 1300 g/mol. The lowest BCUT2D eigenvalue weighted by molar-refractivity contribution is -0.173. The number of methoxy groups -OCH3 is 2. The SMILES string of the molecule is COC(=O)C1=C(C)N(OC(=O)/C=C/C(=O)ON2C(C)=C(C(=O)OC)[C@H](c3cccc(Cl)c3Cl)C(C(=O)OCCCC(C3CC3)C3CC3)=C2COCCOCCN)C(COCCOCCN)=C(C(=O)OCCCC(C2CC2)C2CC2)[C@H]1c1cccc(Cl)c1Cl. The number of hydrogen-bond donors (Lipinski definition) is 2. The number of allylic oxidation sites excluding steroid dienone is 2. The molecule has 6 aliphatic rings. The summed E-state index contributed by atoms with van der Waals surface area (Å²) in [6.45, 7) is 3.31. The van der Waals surface area contributed by atoms with Gasteiger partial charge in [-0.25, -0.2) is 28.8 Å². The lowest BCUT2D eigenvalue weighted by Crippen LogP contribution is -2.39. The quantitative estimate of drug-likeness (QED) is 0.0278. The maximum atomic E-state index is 14.9. The van der Waals surface area contributed by atoms with Gasteiger partial charge in [0.25, 0.3) is 0 Å². The molecule has 2 heterocycles. The molecule has 4 N–H and O–H groups in total. The first-order valence-corrected chi connectivity index (χ1v) is 31.8. The molecule has 8 rings (SSSR count). The molecule has 0 spiro atoms. The van der Waals surface area contributed by atoms with E-state index in [0.29, 0.717) is 48.3 Å². The van der Waals surface area contributed by atoms with E-state index in [1.807, 2.05) is 0 Å². The summed E-state index contributed by atoms with van der Waals surface area (Å²) < 4.78 is 46.1. The predicted octanol–water partition coefficient (Wildman–Crippen LogP) is 10.2. The molecule has 4 saturated carbocycles. The van der Waals surface area contributed by atoms with E-state index in [1.165, 1.54) is 65.2 Å². The maximum absolute atomic E-state index is 14.9. The van der Waals surface area contributed by atoms with Crippen LogP contribution in [0.25, 0.3) is 0 Å². The van der Waals surface area contributed by atoms with Crippen LogP contribution in [-0.2, 0) is 76.3 Å². The highest BCUT2D eigenvalue weighted by Gasteiger charge is 2.47. The van der Waals surface area contributed by atoms with Crippen molar-refractivity contribution in [1.82, 2.24) is 10.1 Å². The molecule has 2 aromatic rings. The largest absolute Gasteiger partial charge is 0.466 e. The molecule has 2 atom stereocenters. The predicted molar refractivity (Wildman–Crippen MR) is 327 cm³/mol. The molecule has 88 heavy (non-hydrogen) atoms. The Morgan fingerprint density at radius 1 is 0.500 bits per heavy atom. The van der Waals surface area contributed by atoms with E-state index in [0.717, 1.165) is 49.3 Å². The van der Waals surface area contributed by atoms with Crippen molar-refractivity contribution < 1.29 is 76.3 Å². The summed E-state index contributed by atoms with van der Waals surface area (Å²) in [6, 6.07) is 9.52. The molecule has 0 unspecified atom stereocenters. The van der Waals surface area contributed by atoms with Crippen molar-refractivity contribution in [2.45, 2.75) is 103 Å². The minimum atomic E-state index is -1.30. The van der Waals surface area contributed by atoms with E-state index >= 15 is 0 Å². The van der Waals surface area contributed by atoms with Crippen molar-refractivity contribution in [3.8, 4) is 0 Å². The van der Waals surface area contributed by atoms with Gasteiger partial charge in [-0.2, -0.15) is 10.1 Å². The fraction of sp³-hybridized carbons (Fsp3) is 0.562. The third-order valence-electron chi connectivity index (χ3n) is 16.7. The van der Waals surface area contributed by atoms with E-state index in [-0.39, 0.29) is 142 Å². The maximum Gasteiger partial charge on any atom is 0.356 e. The Balaban J connectivity index is 1.13. The lowest BCUT2D eigenvalue weighted by Gasteiger charge is -2.37. The molecule has 0 saturated heterocycles. The highest BCUT2D eigenvalue weighted by Crippen LogP contribution is 2.53. The van der Waals surface area contributed by atoms with Gasteiger partial charge in [-0.15, -0.1) is 0 Å². The van der Waals surface area contributed by atoms with Crippen LogP contribution in [-0.4, -0.2) is 139 Å². The van der Waals surface area contributed by atoms with E-state index in [9.17, 15) is 28.8 Å². The van der Waals surface area contributed by atoms with Crippen LogP contribution < -0.4 is 11.5 Å². The number of carbonyl (C=O) groups is 6. The molecule has 0 aromatic heterocycles. The number of hydrogen-bond acceptors (Lipinski definition) is 20. The van der Waals surface area contributed by atoms with Crippen LogP contribution in [0.4, 0.5) is 0 Å². The van der Waals surface area contributed by atoms with Crippen LogP contribution in [0.1, 0.15) is 114 Å². The van der Waals surface area contributed by atoms with Crippen LogP contribution in [0, 0.1) is 35.5 Å². The molecule has 4 fully saturated rings. The number of ether oxygens (including phenoxy) is 8. The average molecular weight is 1300 g/mol. The Kier molecular flexibility index (Phi) is 25.6. The van der Waals surface area contributed by atoms with Gasteiger partial charge in [0.15, 0.2) is 0 Å². The molecule has 24 heteroatoms. The van der Waals surface area contributed by atoms with Gasteiger partial charge in [0, 0.05) is 25.2 Å². The number of benzene rings is 2. The van der Waals surface area contributed by atoms with Crippen molar-refractivity contribution in [2.24, 2.45) is 47.0 Å². The third kappa shape index (κ3) is 17.7. The molecule has 0 amide bonds. The zero-order valence-corrected chi connectivity index (χ0v) is 53.3. The molecule has 20 nitrogen and oxygen atoms in total. The third-order valence-corrected chi connectivity index (χ3v) is 18.4. The van der Waals surface area contributed by atoms with Crippen molar-refractivity contribution in [3.05, 3.63) is 125 Å². The van der Waals surface area contributed by atoms with Gasteiger partial charge < -0.3 is 59.0 Å². The highest BCUT2D eigenvalue weighted by atomic mass is 35.5. The fourth-order valence-corrected chi connectivity index (χ4v) is 12.8. The molecule has 0 radical (unpaired) electrons. The number of rotatable bonds is 36. The van der Waals surface area contributed by atoms with E-state index < -0.39 is 60.9 Å². The Labute approximate surface area is 533 Å². The first kappa shape index (κ1) is 68.4. The van der Waals surface area contributed by atoms with Crippen LogP contribution in [0.3, 0.4) is 0 Å². The second-order valence-corrected chi connectivity index (χ2v) is 24.3. The highest BCUT2D eigenvalue weighted by molar-refractivity contribution is 6.43. The second kappa shape index (κ2) is 33.0. The summed E-state index contributed by atoms with van der Waals surface area (Å²) in [7, 11) is 2.30. The van der Waals surface area contributed by atoms with Crippen molar-refractivity contribution in [2.75, 3.05) is 93.4 Å². The lowest BCUT2D eigenvalue weighted by atomic mass is 9.80. The Morgan fingerprint density at radius 3 is 1.18 bits per heavy atom. The van der Waals surface area contributed by atoms with E-state index in [1.54, 1.807) is 36.4 Å². The van der Waals surface area contributed by atoms with E-state index in [2.05, 4.69) is 0 Å². The normalized spacial score (nSPS) is 18.9. The van der Waals surface area contributed by atoms with Crippen LogP contribution in [0.5, 0.6) is 0 Å². The summed E-state index contributed by atoms with van der Waals surface area (Å²) in [6.07, 6.45) is 13.9. The van der Waals surface area contributed by atoms with Gasteiger partial charge in [-0.05, 0) is 150 Å². The molecule has 0 bridgehead atoms. The number of nitrogens with zero attached hydrogens (tertiary/aromatic N) is 2. The molecular formula is C64H80Cl4N4O16. The van der Waals surface area contributed by atoms with Gasteiger partial charge in [-0.3, -0.25) is 0 Å². The minimum Gasteiger partial charge on any atom is -0.466 e. The van der Waals surface area contributed by atoms with E-state index in [4.69, 9.17) is 105 Å². The van der Waals surface area contributed by atoms with Crippen LogP contribution in [0.2, 0.25) is 20.1 Å². The minimum absolute atomic E-state index is 0.0165. The summed E-state index contributed by atoms with van der Waals surface area (Å²) >= 11 is 27.1. The van der Waals surface area contributed by atoms with Gasteiger partial charge >= 0.3 is 35.8 Å². The zero-order valence-electron chi connectivity index (χ0n) is 50.3. The average Bonchev–Trinajstić information content (AvgIpc) is 1.36. The Bertz CT molecular complexity index is 2800. The number of esters is 4. The molecular weight excluding hydrogens is 1220 g/mol. The smallest absolute Gasteiger partial charge is 0.356 e. The Hall–Kier alpha value is -5.52. The molecule has 2 aliphatic heterocycles. The Morgan fingerprint density at radius 2 is 0.852 bits per heavy atom. The number of carbonyl (C=O) groups excluding carboxylic acids is 6. The van der Waals surface area contributed by atoms with Crippen molar-refractivity contribution in [3.63, 3.8) is 0 Å². The molecule has 2 aromatic carbocycles. The standard InChI is InChI=1S/C64H80Cl4N4O16/c1-37-53(61(75)79-3)55(45-9-5-13-47(65)59(45)67)57(63(77)85-27-7-11-43(39-15-16-39)40-17-18-40)49(35-83-33-31-81-29-25-69)71(37)87-51(73)23-24-52(74)88-72-38(2)54(62(76)80-4)56(46-10-6-14-48(66)60(46)68)58(50(72)36-84-34-32-82-30-26-70)64(78)86-28-8-12-44(41-19-20-41)42-21-22-42/h5-6,9-10,13-14,23-24,39-44,55-56H,7-8,11-12,15-22,25-36,69-70H2,1-4H3/b24-23+/t55-,56-/m0/s1. The van der Waals surface area contributed by atoms with Crippen molar-refractivity contribution >= 4 is 82.2 Å². The van der Waals surface area contributed by atoms with Gasteiger partial charge in [0.1, 0.15) is 0 Å². The van der Waals surface area contributed by atoms with Gasteiger partial charge in [0.05, 0.1) is 157 Å². The van der Waals surface area contributed by atoms with Crippen molar-refractivity contribution in [1.29, 1.82) is 0 Å². The van der Waals surface area contributed by atoms with Gasteiger partial charge in [0.2, 0.25) is 0 Å². The number of halogens is 4. The summed E-state index contributed by atoms with van der Waals surface area (Å²) in [5.74, 6) is -4.78. The van der Waals surface area contributed by atoms with Gasteiger partial charge in [-0.1, -0.05) is 70.7 Å². The summed E-state index contributed by atoms with van der Waals surface area (Å²) in [4.78, 5) is 98.9. The number of nitrogens with two attached hydrogens (primary N) is 2.